The molecular formula is C27H29Cl2F5N6O4. The molecule has 0 spiro atoms. The molecule has 240 valence electrons. The molecule has 4 rings (SSSR count). The lowest BCUT2D eigenvalue weighted by atomic mass is 9.85. The van der Waals surface area contributed by atoms with E-state index in [4.69, 9.17) is 27.9 Å². The number of aromatic amines is 1. The van der Waals surface area contributed by atoms with Gasteiger partial charge in [0.15, 0.2) is 12.3 Å². The number of carbonyl (C=O) groups excluding carboxylic acids is 2. The van der Waals surface area contributed by atoms with E-state index in [1.807, 2.05) is 0 Å². The van der Waals surface area contributed by atoms with Crippen molar-refractivity contribution in [3.05, 3.63) is 39.4 Å². The van der Waals surface area contributed by atoms with E-state index in [1.54, 1.807) is 6.07 Å². The number of imidazole rings is 1. The third kappa shape index (κ3) is 8.18. The van der Waals surface area contributed by atoms with E-state index in [1.165, 1.54) is 26.0 Å². The summed E-state index contributed by atoms with van der Waals surface area (Å²) in [4.78, 5) is 36.4. The van der Waals surface area contributed by atoms with Gasteiger partial charge in [0.1, 0.15) is 11.2 Å². The molecule has 1 aliphatic carbocycles. The zero-order valence-corrected chi connectivity index (χ0v) is 24.9. The number of hydrogen-bond acceptors (Lipinski definition) is 7. The van der Waals surface area contributed by atoms with E-state index in [0.29, 0.717) is 5.56 Å². The number of nitrogens with zero attached hydrogens (tertiary/aromatic N) is 2. The van der Waals surface area contributed by atoms with Crippen molar-refractivity contribution >= 4 is 57.8 Å². The summed E-state index contributed by atoms with van der Waals surface area (Å²) in [6, 6.07) is 3.82. The Bertz CT molecular complexity index is 1520. The van der Waals surface area contributed by atoms with Crippen molar-refractivity contribution in [2.75, 3.05) is 11.9 Å². The molecule has 0 unspecified atom stereocenters. The minimum Gasteiger partial charge on any atom is -0.471 e. The SMILES string of the molecule is CC(C)(O)C(=O)NCc1ccc(Cl)c(Nc2nc3nc(OCC(F)F)c(C(=O)NC4CCC(C(F)(F)F)CC4)cc3[nH]2)c1Cl. The van der Waals surface area contributed by atoms with Crippen LogP contribution in [0, 0.1) is 5.92 Å². The highest BCUT2D eigenvalue weighted by Gasteiger charge is 2.41. The van der Waals surface area contributed by atoms with E-state index in [2.05, 4.69) is 30.9 Å². The number of rotatable bonds is 10. The number of alkyl halides is 5. The zero-order valence-electron chi connectivity index (χ0n) is 23.4. The van der Waals surface area contributed by atoms with Crippen molar-refractivity contribution in [1.82, 2.24) is 25.6 Å². The van der Waals surface area contributed by atoms with Crippen LogP contribution < -0.4 is 20.7 Å². The van der Waals surface area contributed by atoms with Gasteiger partial charge >= 0.3 is 6.18 Å². The Hall–Kier alpha value is -3.43. The topological polar surface area (TPSA) is 141 Å². The van der Waals surface area contributed by atoms with Crippen molar-refractivity contribution < 1.29 is 41.4 Å². The molecule has 0 aliphatic heterocycles. The Balaban J connectivity index is 1.56. The van der Waals surface area contributed by atoms with Gasteiger partial charge in [-0.25, -0.2) is 8.78 Å². The second-order valence-corrected chi connectivity index (χ2v) is 11.6. The highest BCUT2D eigenvalue weighted by atomic mass is 35.5. The summed E-state index contributed by atoms with van der Waals surface area (Å²) < 4.78 is 70.1. The molecule has 0 atom stereocenters. The second kappa shape index (κ2) is 13.3. The van der Waals surface area contributed by atoms with Gasteiger partial charge in [-0.3, -0.25) is 9.59 Å². The van der Waals surface area contributed by atoms with Crippen molar-refractivity contribution in [2.45, 2.75) is 70.3 Å². The number of aliphatic hydroxyl groups is 1. The molecule has 10 nitrogen and oxygen atoms in total. The smallest absolute Gasteiger partial charge is 0.391 e. The molecule has 0 saturated heterocycles. The fraction of sp³-hybridized carbons (Fsp3) is 0.481. The first-order chi connectivity index (χ1) is 20.5. The zero-order chi connectivity index (χ0) is 32.4. The average Bonchev–Trinajstić information content (AvgIpc) is 3.33. The fourth-order valence-electron chi connectivity index (χ4n) is 4.58. The van der Waals surface area contributed by atoms with Crippen molar-refractivity contribution in [2.24, 2.45) is 5.92 Å². The summed E-state index contributed by atoms with van der Waals surface area (Å²) in [5.41, 5.74) is -0.989. The number of H-pyrrole nitrogens is 1. The lowest BCUT2D eigenvalue weighted by molar-refractivity contribution is -0.182. The Morgan fingerprint density at radius 1 is 1.14 bits per heavy atom. The number of amides is 2. The molecule has 2 amide bonds. The first-order valence-corrected chi connectivity index (χ1v) is 14.2. The van der Waals surface area contributed by atoms with E-state index >= 15 is 0 Å². The monoisotopic (exact) mass is 666 g/mol. The van der Waals surface area contributed by atoms with Crippen LogP contribution in [-0.4, -0.2) is 62.7 Å². The van der Waals surface area contributed by atoms with Crippen molar-refractivity contribution in [3.8, 4) is 5.88 Å². The molecule has 1 aliphatic rings. The van der Waals surface area contributed by atoms with Crippen LogP contribution in [0.25, 0.3) is 11.2 Å². The number of nitrogens with one attached hydrogen (secondary N) is 4. The molecule has 44 heavy (non-hydrogen) atoms. The van der Waals surface area contributed by atoms with Crippen LogP contribution >= 0.6 is 23.2 Å². The van der Waals surface area contributed by atoms with Gasteiger partial charge in [-0.15, -0.1) is 0 Å². The minimum absolute atomic E-state index is 0.0140. The van der Waals surface area contributed by atoms with E-state index < -0.39 is 54.5 Å². The van der Waals surface area contributed by atoms with Crippen LogP contribution in [0.3, 0.4) is 0 Å². The molecule has 5 N–H and O–H groups in total. The summed E-state index contributed by atoms with van der Waals surface area (Å²) in [5.74, 6) is -3.20. The minimum atomic E-state index is -4.31. The number of fused-ring (bicyclic) bond motifs is 1. The van der Waals surface area contributed by atoms with Crippen LogP contribution in [0.2, 0.25) is 10.0 Å². The molecule has 1 saturated carbocycles. The molecule has 2 heterocycles. The highest BCUT2D eigenvalue weighted by molar-refractivity contribution is 6.39. The third-order valence-electron chi connectivity index (χ3n) is 6.96. The first-order valence-electron chi connectivity index (χ1n) is 13.5. The van der Waals surface area contributed by atoms with Gasteiger partial charge in [-0.05, 0) is 57.2 Å². The van der Waals surface area contributed by atoms with Crippen LogP contribution in [-0.2, 0) is 11.3 Å². The normalized spacial score (nSPS) is 17.5. The number of halogens is 7. The molecule has 1 aromatic carbocycles. The van der Waals surface area contributed by atoms with Crippen LogP contribution in [0.1, 0.15) is 55.5 Å². The fourth-order valence-corrected chi connectivity index (χ4v) is 5.12. The number of benzene rings is 1. The summed E-state index contributed by atoms with van der Waals surface area (Å²) >= 11 is 12.9. The lowest BCUT2D eigenvalue weighted by Crippen LogP contribution is -2.41. The van der Waals surface area contributed by atoms with Gasteiger partial charge in [0, 0.05) is 12.6 Å². The van der Waals surface area contributed by atoms with E-state index in [0.717, 1.165) is 0 Å². The van der Waals surface area contributed by atoms with Crippen LogP contribution in [0.4, 0.5) is 33.6 Å². The van der Waals surface area contributed by atoms with Gasteiger partial charge in [0.2, 0.25) is 11.8 Å². The molecular weight excluding hydrogens is 638 g/mol. The summed E-state index contributed by atoms with van der Waals surface area (Å²) in [6.45, 7) is 1.56. The largest absolute Gasteiger partial charge is 0.471 e. The van der Waals surface area contributed by atoms with Gasteiger partial charge in [-0.1, -0.05) is 29.3 Å². The second-order valence-electron chi connectivity index (χ2n) is 10.8. The van der Waals surface area contributed by atoms with Crippen LogP contribution in [0.5, 0.6) is 5.88 Å². The van der Waals surface area contributed by atoms with Crippen molar-refractivity contribution in [3.63, 3.8) is 0 Å². The van der Waals surface area contributed by atoms with Gasteiger partial charge < -0.3 is 30.8 Å². The average molecular weight is 667 g/mol. The van der Waals surface area contributed by atoms with Gasteiger partial charge in [0.05, 0.1) is 27.2 Å². The molecule has 0 radical (unpaired) electrons. The molecule has 2 aromatic heterocycles. The quantitative estimate of drug-likeness (QED) is 0.170. The lowest BCUT2D eigenvalue weighted by Gasteiger charge is -2.30. The summed E-state index contributed by atoms with van der Waals surface area (Å²) in [7, 11) is 0. The van der Waals surface area contributed by atoms with Gasteiger partial charge in [-0.2, -0.15) is 23.1 Å². The maximum Gasteiger partial charge on any atom is 0.391 e. The molecule has 1 fully saturated rings. The number of aromatic nitrogens is 3. The summed E-state index contributed by atoms with van der Waals surface area (Å²) in [5, 5.41) is 18.3. The predicted octanol–water partition coefficient (Wildman–Crippen LogP) is 5.89. The summed E-state index contributed by atoms with van der Waals surface area (Å²) in [6.07, 6.45) is -7.28. The Morgan fingerprint density at radius 2 is 1.82 bits per heavy atom. The number of ether oxygens (including phenoxy) is 1. The Kier molecular flexibility index (Phi) is 10.1. The number of pyridine rings is 1. The molecule has 3 aromatic rings. The Labute approximate surface area is 258 Å². The molecule has 0 bridgehead atoms. The van der Waals surface area contributed by atoms with Crippen LogP contribution in [0.15, 0.2) is 18.2 Å². The third-order valence-corrected chi connectivity index (χ3v) is 7.71. The Morgan fingerprint density at radius 3 is 2.43 bits per heavy atom. The first kappa shape index (κ1) is 33.5. The number of anilines is 2. The van der Waals surface area contributed by atoms with Crippen molar-refractivity contribution in [1.29, 1.82) is 0 Å². The number of hydrogen-bond donors (Lipinski definition) is 5. The van der Waals surface area contributed by atoms with E-state index in [9.17, 15) is 36.6 Å². The highest BCUT2D eigenvalue weighted by Crippen LogP contribution is 2.38. The number of carbonyl (C=O) groups is 2. The maximum absolute atomic E-state index is 13.1. The standard InChI is InChI=1S/C27H29Cl2F5N6O4/c1-26(2,43)24(42)35-10-12-3-8-16(28)20(19(12)29)38-25-37-17-9-15(23(39-21(17)40-25)44-11-18(30)31)22(41)36-14-6-4-13(5-7-14)27(32,33)34/h3,8-9,13-14,18,43H,4-7,10-11H2,1-2H3,(H,35,42)(H,36,41)(H2,37,38,39,40). The van der Waals surface area contributed by atoms with Gasteiger partial charge in [0.25, 0.3) is 18.2 Å². The molecule has 17 heteroatoms. The maximum atomic E-state index is 13.1. The predicted molar refractivity (Wildman–Crippen MR) is 153 cm³/mol. The van der Waals surface area contributed by atoms with E-state index in [-0.39, 0.29) is 70.6 Å².